The van der Waals surface area contributed by atoms with Crippen LogP contribution in [0.2, 0.25) is 5.02 Å². The molecule has 2 aromatic carbocycles. The highest BCUT2D eigenvalue weighted by Gasteiger charge is 2.55. The maximum absolute atomic E-state index is 13.9. The largest absolute Gasteiger partial charge is 0.309 e. The first-order valence-corrected chi connectivity index (χ1v) is 12.2. The summed E-state index contributed by atoms with van der Waals surface area (Å²) in [5, 5.41) is 3.12. The maximum Gasteiger partial charge on any atom is 0.275 e. The molecular weight excluding hydrogens is 468 g/mol. The van der Waals surface area contributed by atoms with Gasteiger partial charge < -0.3 is 9.80 Å². The van der Waals surface area contributed by atoms with Gasteiger partial charge in [0.1, 0.15) is 16.4 Å². The first-order valence-electron chi connectivity index (χ1n) is 10.9. The minimum Gasteiger partial charge on any atom is -0.309 e. The van der Waals surface area contributed by atoms with Gasteiger partial charge in [0.25, 0.3) is 11.8 Å². The van der Waals surface area contributed by atoms with E-state index in [1.54, 1.807) is 34.8 Å². The Bertz CT molecular complexity index is 1410. The number of halogens is 1. The van der Waals surface area contributed by atoms with E-state index in [0.717, 1.165) is 21.7 Å². The van der Waals surface area contributed by atoms with Crippen LogP contribution in [0, 0.1) is 0 Å². The number of pyridine rings is 1. The maximum atomic E-state index is 13.9. The molecule has 4 aromatic rings. The Morgan fingerprint density at radius 1 is 1.03 bits per heavy atom. The van der Waals surface area contributed by atoms with Crippen LogP contribution in [-0.2, 0) is 12.1 Å². The number of benzene rings is 2. The average Bonchev–Trinajstić information content (AvgIpc) is 3.51. The Morgan fingerprint density at radius 3 is 2.65 bits per heavy atom. The van der Waals surface area contributed by atoms with Gasteiger partial charge in [-0.15, -0.1) is 11.3 Å². The van der Waals surface area contributed by atoms with Crippen LogP contribution in [0.15, 0.2) is 78.4 Å². The van der Waals surface area contributed by atoms with E-state index < -0.39 is 5.66 Å². The van der Waals surface area contributed by atoms with Gasteiger partial charge in [-0.05, 0) is 41.5 Å². The van der Waals surface area contributed by atoms with Crippen LogP contribution in [0.25, 0.3) is 10.6 Å². The van der Waals surface area contributed by atoms with Crippen molar-refractivity contribution in [3.05, 3.63) is 106 Å². The van der Waals surface area contributed by atoms with Gasteiger partial charge in [-0.3, -0.25) is 14.6 Å². The number of hydrogen-bond acceptors (Lipinski definition) is 5. The highest BCUT2D eigenvalue weighted by Crippen LogP contribution is 2.45. The Kier molecular flexibility index (Phi) is 4.97. The first kappa shape index (κ1) is 21.0. The lowest BCUT2D eigenvalue weighted by Gasteiger charge is -2.47. The van der Waals surface area contributed by atoms with Crippen LogP contribution in [0.3, 0.4) is 0 Å². The lowest BCUT2D eigenvalue weighted by atomic mass is 9.83. The summed E-state index contributed by atoms with van der Waals surface area (Å²) in [5.41, 5.74) is 2.76. The van der Waals surface area contributed by atoms with E-state index in [1.165, 1.54) is 11.3 Å². The van der Waals surface area contributed by atoms with Gasteiger partial charge in [0.15, 0.2) is 0 Å². The standard InChI is InChI=1S/C26H19ClN4O2S/c27-20-9-7-19(8-10-20)26-14-17-4-1-2-6-21(17)24(32)30(26)12-13-31(26)25(33)22-16-34-23(29-22)18-5-3-11-28-15-18/h1-11,15-16H,12-14H2. The zero-order valence-electron chi connectivity index (χ0n) is 18.0. The second-order valence-electron chi connectivity index (χ2n) is 8.35. The highest BCUT2D eigenvalue weighted by atomic mass is 35.5. The number of carbonyl (C=O) groups is 2. The molecule has 0 aliphatic carbocycles. The quantitative estimate of drug-likeness (QED) is 0.414. The van der Waals surface area contributed by atoms with Crippen LogP contribution >= 0.6 is 22.9 Å². The Balaban J connectivity index is 1.46. The molecule has 8 heteroatoms. The summed E-state index contributed by atoms with van der Waals surface area (Å²) >= 11 is 7.59. The van der Waals surface area contributed by atoms with Crippen LogP contribution < -0.4 is 0 Å². The number of carbonyl (C=O) groups excluding carboxylic acids is 2. The van der Waals surface area contributed by atoms with Crippen molar-refractivity contribution < 1.29 is 9.59 Å². The molecule has 2 aromatic heterocycles. The van der Waals surface area contributed by atoms with E-state index in [2.05, 4.69) is 9.97 Å². The number of fused-ring (bicyclic) bond motifs is 2. The van der Waals surface area contributed by atoms with Gasteiger partial charge >= 0.3 is 0 Å². The number of thiazole rings is 1. The van der Waals surface area contributed by atoms with Gasteiger partial charge in [0.05, 0.1) is 0 Å². The summed E-state index contributed by atoms with van der Waals surface area (Å²) in [6.07, 6.45) is 3.94. The fourth-order valence-corrected chi connectivity index (χ4v) is 5.91. The van der Waals surface area contributed by atoms with Gasteiger partial charge in [-0.1, -0.05) is 41.9 Å². The zero-order chi connectivity index (χ0) is 23.3. The van der Waals surface area contributed by atoms with Crippen molar-refractivity contribution >= 4 is 34.8 Å². The second kappa shape index (κ2) is 8.04. The molecule has 2 amide bonds. The molecule has 0 radical (unpaired) electrons. The molecular formula is C26H19ClN4O2S. The first-order chi connectivity index (χ1) is 16.6. The molecule has 2 aliphatic heterocycles. The SMILES string of the molecule is O=C(c1csc(-c2cccnc2)n1)N1CCN2C(=O)c3ccccc3CC12c1ccc(Cl)cc1. The number of hydrogen-bond donors (Lipinski definition) is 0. The summed E-state index contributed by atoms with van der Waals surface area (Å²) in [6.45, 7) is 0.863. The smallest absolute Gasteiger partial charge is 0.275 e. The summed E-state index contributed by atoms with van der Waals surface area (Å²) < 4.78 is 0. The van der Waals surface area contributed by atoms with Crippen LogP contribution in [-0.4, -0.2) is 44.7 Å². The van der Waals surface area contributed by atoms with Gasteiger partial charge in [0.2, 0.25) is 0 Å². The lowest BCUT2D eigenvalue weighted by molar-refractivity contribution is 0.00747. The van der Waals surface area contributed by atoms with E-state index in [1.807, 2.05) is 53.4 Å². The molecule has 1 unspecified atom stereocenters. The monoisotopic (exact) mass is 486 g/mol. The van der Waals surface area contributed by atoms with Crippen molar-refractivity contribution in [3.8, 4) is 10.6 Å². The minimum absolute atomic E-state index is 0.0681. The molecule has 168 valence electrons. The van der Waals surface area contributed by atoms with Gasteiger partial charge in [0, 0.05) is 53.4 Å². The molecule has 1 atom stereocenters. The third kappa shape index (κ3) is 3.15. The van der Waals surface area contributed by atoms with Crippen molar-refractivity contribution in [2.45, 2.75) is 12.1 Å². The molecule has 0 bridgehead atoms. The summed E-state index contributed by atoms with van der Waals surface area (Å²) in [6, 6.07) is 18.8. The van der Waals surface area contributed by atoms with E-state index in [4.69, 9.17) is 11.6 Å². The third-order valence-corrected chi connectivity index (χ3v) is 7.70. The van der Waals surface area contributed by atoms with Crippen LogP contribution in [0.1, 0.15) is 32.0 Å². The molecule has 1 fully saturated rings. The lowest BCUT2D eigenvalue weighted by Crippen LogP contribution is -2.58. The molecule has 2 aliphatic rings. The van der Waals surface area contributed by atoms with Crippen molar-refractivity contribution in [2.75, 3.05) is 13.1 Å². The number of aromatic nitrogens is 2. The molecule has 0 saturated carbocycles. The summed E-state index contributed by atoms with van der Waals surface area (Å²) in [5.74, 6) is -0.266. The Morgan fingerprint density at radius 2 is 1.85 bits per heavy atom. The molecule has 6 nitrogen and oxygen atoms in total. The third-order valence-electron chi connectivity index (χ3n) is 6.55. The molecule has 6 rings (SSSR count). The predicted octanol–water partition coefficient (Wildman–Crippen LogP) is 4.87. The van der Waals surface area contributed by atoms with E-state index in [0.29, 0.717) is 35.8 Å². The second-order valence-corrected chi connectivity index (χ2v) is 9.65. The molecule has 34 heavy (non-hydrogen) atoms. The van der Waals surface area contributed by atoms with Crippen molar-refractivity contribution in [3.63, 3.8) is 0 Å². The van der Waals surface area contributed by atoms with E-state index in [9.17, 15) is 9.59 Å². The minimum atomic E-state index is -0.939. The average molecular weight is 487 g/mol. The Labute approximate surface area is 205 Å². The van der Waals surface area contributed by atoms with Crippen molar-refractivity contribution in [1.82, 2.24) is 19.8 Å². The normalized spacial score (nSPS) is 19.1. The fourth-order valence-electron chi connectivity index (χ4n) is 5.00. The number of amides is 2. The molecule has 4 heterocycles. The van der Waals surface area contributed by atoms with E-state index in [-0.39, 0.29) is 11.8 Å². The predicted molar refractivity (Wildman–Crippen MR) is 131 cm³/mol. The molecule has 1 saturated heterocycles. The van der Waals surface area contributed by atoms with E-state index >= 15 is 0 Å². The zero-order valence-corrected chi connectivity index (χ0v) is 19.6. The molecule has 0 N–H and O–H groups in total. The highest BCUT2D eigenvalue weighted by molar-refractivity contribution is 7.13. The van der Waals surface area contributed by atoms with Gasteiger partial charge in [-0.2, -0.15) is 0 Å². The number of nitrogens with zero attached hydrogens (tertiary/aromatic N) is 4. The molecule has 0 spiro atoms. The van der Waals surface area contributed by atoms with Crippen LogP contribution in [0.5, 0.6) is 0 Å². The fraction of sp³-hybridized carbons (Fsp3) is 0.154. The van der Waals surface area contributed by atoms with Crippen molar-refractivity contribution in [2.24, 2.45) is 0 Å². The van der Waals surface area contributed by atoms with Crippen LogP contribution in [0.4, 0.5) is 0 Å². The van der Waals surface area contributed by atoms with Gasteiger partial charge in [-0.25, -0.2) is 4.98 Å². The summed E-state index contributed by atoms with van der Waals surface area (Å²) in [7, 11) is 0. The Hall–Kier alpha value is -3.55. The van der Waals surface area contributed by atoms with Crippen molar-refractivity contribution in [1.29, 1.82) is 0 Å². The topological polar surface area (TPSA) is 66.4 Å². The number of rotatable bonds is 3. The summed E-state index contributed by atoms with van der Waals surface area (Å²) in [4.78, 5) is 39.9.